The molecule has 0 unspecified atom stereocenters. The SMILES string of the molecule is Cc1[nH]c(C(=O)NCC2CC2)c(C)c1C(=O)C(=O)N1CCN(c2ccc(Cl)c(C(F)(F)F)c2)CC1. The largest absolute Gasteiger partial charge is 0.417 e. The Hall–Kier alpha value is -3.01. The average molecular weight is 511 g/mol. The number of anilines is 1. The van der Waals surface area contributed by atoms with Crippen LogP contribution in [0.1, 0.15) is 50.5 Å². The van der Waals surface area contributed by atoms with E-state index in [-0.39, 0.29) is 48.4 Å². The third kappa shape index (κ3) is 5.32. The van der Waals surface area contributed by atoms with Gasteiger partial charge in [0, 0.05) is 44.1 Å². The minimum atomic E-state index is -4.57. The highest BCUT2D eigenvalue weighted by atomic mass is 35.5. The van der Waals surface area contributed by atoms with Gasteiger partial charge in [-0.3, -0.25) is 14.4 Å². The van der Waals surface area contributed by atoms with Gasteiger partial charge in [-0.1, -0.05) is 11.6 Å². The Morgan fingerprint density at radius 1 is 1.11 bits per heavy atom. The van der Waals surface area contributed by atoms with Crippen LogP contribution in [0.2, 0.25) is 5.02 Å². The first-order valence-electron chi connectivity index (χ1n) is 11.4. The van der Waals surface area contributed by atoms with Crippen molar-refractivity contribution < 1.29 is 27.6 Å². The molecule has 2 N–H and O–H groups in total. The molecule has 1 aromatic heterocycles. The van der Waals surface area contributed by atoms with Gasteiger partial charge < -0.3 is 20.1 Å². The molecule has 2 fully saturated rings. The summed E-state index contributed by atoms with van der Waals surface area (Å²) in [6.07, 6.45) is -2.39. The van der Waals surface area contributed by atoms with Gasteiger partial charge in [-0.15, -0.1) is 0 Å². The van der Waals surface area contributed by atoms with E-state index >= 15 is 0 Å². The lowest BCUT2D eigenvalue weighted by Gasteiger charge is -2.36. The van der Waals surface area contributed by atoms with Gasteiger partial charge in [0.15, 0.2) is 0 Å². The van der Waals surface area contributed by atoms with Crippen molar-refractivity contribution in [3.05, 3.63) is 51.3 Å². The summed E-state index contributed by atoms with van der Waals surface area (Å²) < 4.78 is 39.6. The standard InChI is InChI=1S/C24H26ClF3N4O3/c1-13-19(14(2)30-20(13)22(34)29-12-15-3-4-15)21(33)23(35)32-9-7-31(8-10-32)16-5-6-18(25)17(11-16)24(26,27)28/h5-6,11,15,30H,3-4,7-10,12H2,1-2H3,(H,29,34). The molecule has 2 amide bonds. The molecule has 0 bridgehead atoms. The van der Waals surface area contributed by atoms with Crippen LogP contribution in [0.5, 0.6) is 0 Å². The number of carbonyl (C=O) groups excluding carboxylic acids is 3. The van der Waals surface area contributed by atoms with E-state index in [4.69, 9.17) is 11.6 Å². The van der Waals surface area contributed by atoms with E-state index in [2.05, 4.69) is 10.3 Å². The second kappa shape index (κ2) is 9.56. The van der Waals surface area contributed by atoms with Gasteiger partial charge in [0.25, 0.3) is 17.6 Å². The number of aromatic amines is 1. The number of hydrogen-bond donors (Lipinski definition) is 2. The molecule has 1 aromatic carbocycles. The fraction of sp³-hybridized carbons (Fsp3) is 0.458. The number of Topliss-reactive ketones (excluding diaryl/α,β-unsaturated/α-hetero) is 1. The number of piperazine rings is 1. The first-order chi connectivity index (χ1) is 16.5. The summed E-state index contributed by atoms with van der Waals surface area (Å²) in [5.74, 6) is -1.22. The monoisotopic (exact) mass is 510 g/mol. The Morgan fingerprint density at radius 2 is 1.77 bits per heavy atom. The number of nitrogens with one attached hydrogen (secondary N) is 2. The third-order valence-electron chi connectivity index (χ3n) is 6.52. The summed E-state index contributed by atoms with van der Waals surface area (Å²) in [5, 5.41) is 2.47. The van der Waals surface area contributed by atoms with Gasteiger partial charge in [0.1, 0.15) is 5.69 Å². The number of ketones is 1. The molecule has 1 aliphatic heterocycles. The summed E-state index contributed by atoms with van der Waals surface area (Å²) in [4.78, 5) is 44.5. The van der Waals surface area contributed by atoms with E-state index in [0.29, 0.717) is 29.4 Å². The van der Waals surface area contributed by atoms with Gasteiger partial charge in [-0.05, 0) is 56.4 Å². The molecule has 2 aromatic rings. The van der Waals surface area contributed by atoms with Crippen molar-refractivity contribution in [1.82, 2.24) is 15.2 Å². The van der Waals surface area contributed by atoms with Crippen molar-refractivity contribution in [2.45, 2.75) is 32.9 Å². The molecule has 1 aliphatic carbocycles. The number of halogens is 4. The smallest absolute Gasteiger partial charge is 0.368 e. The predicted molar refractivity (Wildman–Crippen MR) is 125 cm³/mol. The lowest BCUT2D eigenvalue weighted by Crippen LogP contribution is -2.50. The molecule has 2 aliphatic rings. The molecule has 11 heteroatoms. The quantitative estimate of drug-likeness (QED) is 0.455. The molecule has 2 heterocycles. The molecule has 7 nitrogen and oxygen atoms in total. The number of aromatic nitrogens is 1. The number of alkyl halides is 3. The van der Waals surface area contributed by atoms with Crippen molar-refractivity contribution in [3.63, 3.8) is 0 Å². The molecule has 1 saturated heterocycles. The molecular formula is C24H26ClF3N4O3. The van der Waals surface area contributed by atoms with E-state index in [1.165, 1.54) is 17.0 Å². The Morgan fingerprint density at radius 3 is 2.37 bits per heavy atom. The Balaban J connectivity index is 1.42. The number of benzene rings is 1. The van der Waals surface area contributed by atoms with Crippen LogP contribution >= 0.6 is 11.6 Å². The molecule has 35 heavy (non-hydrogen) atoms. The molecule has 188 valence electrons. The fourth-order valence-corrected chi connectivity index (χ4v) is 4.54. The van der Waals surface area contributed by atoms with Gasteiger partial charge >= 0.3 is 6.18 Å². The maximum atomic E-state index is 13.2. The van der Waals surface area contributed by atoms with E-state index in [0.717, 1.165) is 18.9 Å². The second-order valence-electron chi connectivity index (χ2n) is 9.05. The van der Waals surface area contributed by atoms with Crippen LogP contribution in [-0.2, 0) is 11.0 Å². The Bertz CT molecular complexity index is 1170. The van der Waals surface area contributed by atoms with Gasteiger partial charge in [0.2, 0.25) is 0 Å². The molecule has 1 saturated carbocycles. The number of nitrogens with zero attached hydrogens (tertiary/aromatic N) is 2. The van der Waals surface area contributed by atoms with Crippen LogP contribution < -0.4 is 10.2 Å². The number of carbonyl (C=O) groups is 3. The van der Waals surface area contributed by atoms with Crippen LogP contribution in [0.4, 0.5) is 18.9 Å². The number of hydrogen-bond acceptors (Lipinski definition) is 4. The summed E-state index contributed by atoms with van der Waals surface area (Å²) in [7, 11) is 0. The van der Waals surface area contributed by atoms with Crippen molar-refractivity contribution in [2.75, 3.05) is 37.6 Å². The van der Waals surface area contributed by atoms with Gasteiger partial charge in [-0.25, -0.2) is 0 Å². The van der Waals surface area contributed by atoms with Gasteiger partial charge in [-0.2, -0.15) is 13.2 Å². The Kier molecular flexibility index (Phi) is 6.86. The summed E-state index contributed by atoms with van der Waals surface area (Å²) in [6.45, 7) is 4.73. The zero-order valence-electron chi connectivity index (χ0n) is 19.4. The van der Waals surface area contributed by atoms with Crippen LogP contribution in [-0.4, -0.2) is 60.2 Å². The maximum Gasteiger partial charge on any atom is 0.417 e. The summed E-state index contributed by atoms with van der Waals surface area (Å²) in [5.41, 5.74) is 0.749. The topological polar surface area (TPSA) is 85.5 Å². The number of H-pyrrole nitrogens is 1. The average Bonchev–Trinajstić information content (AvgIpc) is 3.59. The number of amides is 2. The third-order valence-corrected chi connectivity index (χ3v) is 6.85. The highest BCUT2D eigenvalue weighted by molar-refractivity contribution is 6.43. The minimum absolute atomic E-state index is 0.172. The van der Waals surface area contributed by atoms with Crippen molar-refractivity contribution in [1.29, 1.82) is 0 Å². The van der Waals surface area contributed by atoms with Crippen molar-refractivity contribution >= 4 is 34.9 Å². The van der Waals surface area contributed by atoms with Crippen LogP contribution in [0.15, 0.2) is 18.2 Å². The number of rotatable bonds is 6. The van der Waals surface area contributed by atoms with Crippen LogP contribution in [0.25, 0.3) is 0 Å². The molecule has 0 atom stereocenters. The van der Waals surface area contributed by atoms with Crippen LogP contribution in [0, 0.1) is 19.8 Å². The lowest BCUT2D eigenvalue weighted by molar-refractivity contribution is -0.137. The maximum absolute atomic E-state index is 13.2. The Labute approximate surface area is 205 Å². The summed E-state index contributed by atoms with van der Waals surface area (Å²) >= 11 is 5.70. The predicted octanol–water partition coefficient (Wildman–Crippen LogP) is 3.98. The normalized spacial score (nSPS) is 16.4. The van der Waals surface area contributed by atoms with E-state index in [1.807, 2.05) is 0 Å². The van der Waals surface area contributed by atoms with E-state index in [1.54, 1.807) is 18.7 Å². The minimum Gasteiger partial charge on any atom is -0.368 e. The fourth-order valence-electron chi connectivity index (χ4n) is 4.31. The van der Waals surface area contributed by atoms with Crippen LogP contribution in [0.3, 0.4) is 0 Å². The highest BCUT2D eigenvalue weighted by Gasteiger charge is 2.35. The number of aryl methyl sites for hydroxylation is 1. The molecule has 4 rings (SSSR count). The first kappa shape index (κ1) is 25.1. The zero-order chi connectivity index (χ0) is 25.5. The highest BCUT2D eigenvalue weighted by Crippen LogP contribution is 2.37. The molecule has 0 radical (unpaired) electrons. The van der Waals surface area contributed by atoms with Crippen molar-refractivity contribution in [2.24, 2.45) is 5.92 Å². The molecule has 0 spiro atoms. The molecular weight excluding hydrogens is 485 g/mol. The van der Waals surface area contributed by atoms with Gasteiger partial charge in [0.05, 0.1) is 16.1 Å². The second-order valence-corrected chi connectivity index (χ2v) is 9.46. The summed E-state index contributed by atoms with van der Waals surface area (Å²) in [6, 6.07) is 3.70. The van der Waals surface area contributed by atoms with E-state index < -0.39 is 23.4 Å². The first-order valence-corrected chi connectivity index (χ1v) is 11.8. The zero-order valence-corrected chi connectivity index (χ0v) is 20.1. The lowest BCUT2D eigenvalue weighted by atomic mass is 10.0. The van der Waals surface area contributed by atoms with E-state index in [9.17, 15) is 27.6 Å². The van der Waals surface area contributed by atoms with Crippen molar-refractivity contribution in [3.8, 4) is 0 Å².